The van der Waals surface area contributed by atoms with Gasteiger partial charge in [0, 0.05) is 12.5 Å². The van der Waals surface area contributed by atoms with Gasteiger partial charge in [0.15, 0.2) is 0 Å². The highest BCUT2D eigenvalue weighted by Gasteiger charge is 2.39. The van der Waals surface area contributed by atoms with Gasteiger partial charge in [-0.2, -0.15) is 17.9 Å². The van der Waals surface area contributed by atoms with Crippen molar-refractivity contribution in [1.29, 1.82) is 0 Å². The van der Waals surface area contributed by atoms with Crippen molar-refractivity contribution in [3.63, 3.8) is 0 Å². The summed E-state index contributed by atoms with van der Waals surface area (Å²) in [4.78, 5) is 0.264. The molecule has 0 bridgehead atoms. The number of aryl methyl sites for hydroxylation is 2. The van der Waals surface area contributed by atoms with Crippen LogP contribution in [0.15, 0.2) is 9.29 Å². The van der Waals surface area contributed by atoms with E-state index in [-0.39, 0.29) is 10.3 Å². The van der Waals surface area contributed by atoms with Crippen LogP contribution in [0.5, 0.6) is 0 Å². The minimum absolute atomic E-state index is 0.264. The molecule has 1 aliphatic heterocycles. The SMILES string of the molecule is Cc1nn(C)c2c1S(=O)(=O)N=C2C(C)(C)C. The van der Waals surface area contributed by atoms with E-state index in [0.717, 1.165) is 0 Å². The fraction of sp³-hybridized carbons (Fsp3) is 0.600. The van der Waals surface area contributed by atoms with Crippen LogP contribution in [-0.4, -0.2) is 23.9 Å². The predicted octanol–water partition coefficient (Wildman–Crippen LogP) is 1.27. The number of hydrogen-bond acceptors (Lipinski definition) is 3. The molecule has 1 aliphatic rings. The van der Waals surface area contributed by atoms with Crippen LogP contribution in [0.3, 0.4) is 0 Å². The summed E-state index contributed by atoms with van der Waals surface area (Å²) in [5, 5.41) is 4.15. The summed E-state index contributed by atoms with van der Waals surface area (Å²) in [6.45, 7) is 7.52. The quantitative estimate of drug-likeness (QED) is 0.687. The zero-order valence-corrected chi connectivity index (χ0v) is 10.9. The molecule has 0 unspecified atom stereocenters. The molecule has 2 rings (SSSR count). The molecule has 0 amide bonds. The van der Waals surface area contributed by atoms with Crippen molar-refractivity contribution in [3.8, 4) is 0 Å². The van der Waals surface area contributed by atoms with Gasteiger partial charge in [0.2, 0.25) is 0 Å². The largest absolute Gasteiger partial charge is 0.286 e. The van der Waals surface area contributed by atoms with E-state index >= 15 is 0 Å². The first-order chi connectivity index (χ1) is 7.14. The van der Waals surface area contributed by atoms with Gasteiger partial charge < -0.3 is 0 Å². The normalized spacial score (nSPS) is 18.4. The third-order valence-corrected chi connectivity index (χ3v) is 4.00. The summed E-state index contributed by atoms with van der Waals surface area (Å²) < 4.78 is 29.3. The highest BCUT2D eigenvalue weighted by Crippen LogP contribution is 2.35. The molecule has 0 fully saturated rings. The molecule has 0 spiro atoms. The molecule has 5 nitrogen and oxygen atoms in total. The minimum Gasteiger partial charge on any atom is -0.265 e. The molecule has 0 atom stereocenters. The topological polar surface area (TPSA) is 64.3 Å². The van der Waals surface area contributed by atoms with Crippen molar-refractivity contribution in [1.82, 2.24) is 9.78 Å². The van der Waals surface area contributed by atoms with E-state index in [2.05, 4.69) is 9.50 Å². The van der Waals surface area contributed by atoms with Crippen molar-refractivity contribution in [2.45, 2.75) is 32.6 Å². The van der Waals surface area contributed by atoms with E-state index in [9.17, 15) is 8.42 Å². The Morgan fingerprint density at radius 1 is 1.25 bits per heavy atom. The Morgan fingerprint density at radius 3 is 2.31 bits per heavy atom. The summed E-state index contributed by atoms with van der Waals surface area (Å²) in [6, 6.07) is 0. The highest BCUT2D eigenvalue weighted by atomic mass is 32.2. The van der Waals surface area contributed by atoms with Crippen molar-refractivity contribution in [3.05, 3.63) is 11.4 Å². The Labute approximate surface area is 95.2 Å². The summed E-state index contributed by atoms with van der Waals surface area (Å²) in [7, 11) is -1.80. The second-order valence-corrected chi connectivity index (χ2v) is 6.59. The van der Waals surface area contributed by atoms with E-state index < -0.39 is 10.0 Å². The zero-order chi connectivity index (χ0) is 12.3. The van der Waals surface area contributed by atoms with Crippen molar-refractivity contribution in [2.24, 2.45) is 16.9 Å². The van der Waals surface area contributed by atoms with E-state index in [0.29, 0.717) is 17.1 Å². The zero-order valence-electron chi connectivity index (χ0n) is 10.1. The Kier molecular flexibility index (Phi) is 2.08. The molecule has 0 N–H and O–H groups in total. The standard InChI is InChI=1S/C10H15N3O2S/c1-6-8-7(13(5)11-6)9(10(2,3)4)12-16(8,14)15/h1-5H3. The van der Waals surface area contributed by atoms with Crippen molar-refractivity contribution >= 4 is 15.7 Å². The van der Waals surface area contributed by atoms with Crippen LogP contribution in [0.4, 0.5) is 0 Å². The van der Waals surface area contributed by atoms with E-state index in [4.69, 9.17) is 0 Å². The van der Waals surface area contributed by atoms with Crippen LogP contribution >= 0.6 is 0 Å². The first kappa shape index (κ1) is 11.3. The molecule has 2 heterocycles. The van der Waals surface area contributed by atoms with Gasteiger partial charge >= 0.3 is 0 Å². The van der Waals surface area contributed by atoms with Crippen LogP contribution in [0.2, 0.25) is 0 Å². The van der Waals surface area contributed by atoms with Crippen molar-refractivity contribution < 1.29 is 8.42 Å². The molecule has 1 aromatic rings. The maximum atomic E-state index is 11.9. The number of fused-ring (bicyclic) bond motifs is 1. The van der Waals surface area contributed by atoms with Crippen LogP contribution in [0, 0.1) is 12.3 Å². The Morgan fingerprint density at radius 2 is 1.81 bits per heavy atom. The molecule has 6 heteroatoms. The number of sulfonamides is 1. The second kappa shape index (κ2) is 2.94. The summed E-state index contributed by atoms with van der Waals surface area (Å²) >= 11 is 0. The number of aromatic nitrogens is 2. The minimum atomic E-state index is -3.54. The average molecular weight is 241 g/mol. The van der Waals surface area contributed by atoms with Crippen LogP contribution in [0.25, 0.3) is 0 Å². The Bertz CT molecular complexity index is 588. The van der Waals surface area contributed by atoms with E-state index in [1.807, 2.05) is 20.8 Å². The maximum Gasteiger partial charge on any atom is 0.286 e. The Balaban J connectivity index is 2.84. The number of rotatable bonds is 0. The number of nitrogens with zero attached hydrogens (tertiary/aromatic N) is 3. The lowest BCUT2D eigenvalue weighted by atomic mass is 9.88. The molecule has 16 heavy (non-hydrogen) atoms. The fourth-order valence-corrected chi connectivity index (χ4v) is 3.49. The average Bonchev–Trinajstić information content (AvgIpc) is 2.50. The van der Waals surface area contributed by atoms with Gasteiger partial charge in [-0.1, -0.05) is 20.8 Å². The van der Waals surface area contributed by atoms with E-state index in [1.165, 1.54) is 0 Å². The van der Waals surface area contributed by atoms with Gasteiger partial charge in [0.1, 0.15) is 10.6 Å². The predicted molar refractivity (Wildman–Crippen MR) is 61.1 cm³/mol. The maximum absolute atomic E-state index is 11.9. The summed E-state index contributed by atoms with van der Waals surface area (Å²) in [5.74, 6) is 0. The first-order valence-electron chi connectivity index (χ1n) is 5.04. The smallest absolute Gasteiger partial charge is 0.265 e. The molecule has 1 aromatic heterocycles. The molecule has 0 saturated heterocycles. The van der Waals surface area contributed by atoms with Gasteiger partial charge in [-0.15, -0.1) is 0 Å². The third kappa shape index (κ3) is 1.40. The summed E-state index contributed by atoms with van der Waals surface area (Å²) in [6.07, 6.45) is 0. The van der Waals surface area contributed by atoms with Crippen LogP contribution in [-0.2, 0) is 17.1 Å². The van der Waals surface area contributed by atoms with Crippen molar-refractivity contribution in [2.75, 3.05) is 0 Å². The highest BCUT2D eigenvalue weighted by molar-refractivity contribution is 7.90. The van der Waals surface area contributed by atoms with Crippen LogP contribution < -0.4 is 0 Å². The lowest BCUT2D eigenvalue weighted by molar-refractivity contribution is 0.583. The molecule has 0 saturated carbocycles. The lowest BCUT2D eigenvalue weighted by Crippen LogP contribution is -2.22. The molecule has 88 valence electrons. The number of hydrogen-bond donors (Lipinski definition) is 0. The van der Waals surface area contributed by atoms with Gasteiger partial charge in [-0.3, -0.25) is 4.68 Å². The van der Waals surface area contributed by atoms with Gasteiger partial charge in [0.05, 0.1) is 11.4 Å². The van der Waals surface area contributed by atoms with E-state index in [1.54, 1.807) is 18.7 Å². The Hall–Kier alpha value is -1.17. The molecule has 0 radical (unpaired) electrons. The monoisotopic (exact) mass is 241 g/mol. The first-order valence-corrected chi connectivity index (χ1v) is 6.48. The lowest BCUT2D eigenvalue weighted by Gasteiger charge is -2.18. The molecule has 0 aromatic carbocycles. The van der Waals surface area contributed by atoms with Gasteiger partial charge in [0.25, 0.3) is 10.0 Å². The van der Waals surface area contributed by atoms with Crippen LogP contribution in [0.1, 0.15) is 32.2 Å². The van der Waals surface area contributed by atoms with Gasteiger partial charge in [-0.05, 0) is 6.92 Å². The van der Waals surface area contributed by atoms with Gasteiger partial charge in [-0.25, -0.2) is 0 Å². The second-order valence-electron chi connectivity index (χ2n) is 5.05. The third-order valence-electron chi connectivity index (χ3n) is 2.57. The molecule has 0 aliphatic carbocycles. The molecular weight excluding hydrogens is 226 g/mol. The summed E-state index contributed by atoms with van der Waals surface area (Å²) in [5.41, 5.74) is 1.43. The fourth-order valence-electron chi connectivity index (χ4n) is 1.91. The molecular formula is C10H15N3O2S.